The second-order valence-corrected chi connectivity index (χ2v) is 6.52. The molecule has 26 heavy (non-hydrogen) atoms. The van der Waals surface area contributed by atoms with Crippen molar-refractivity contribution in [2.75, 3.05) is 20.2 Å². The van der Waals surface area contributed by atoms with Gasteiger partial charge < -0.3 is 20.1 Å². The molecule has 142 valence electrons. The van der Waals surface area contributed by atoms with Crippen molar-refractivity contribution in [1.29, 1.82) is 0 Å². The Morgan fingerprint density at radius 1 is 1.31 bits per heavy atom. The van der Waals surface area contributed by atoms with Gasteiger partial charge in [-0.15, -0.1) is 0 Å². The third-order valence-electron chi connectivity index (χ3n) is 4.78. The lowest BCUT2D eigenvalue weighted by Gasteiger charge is -2.33. The molecule has 2 atom stereocenters. The summed E-state index contributed by atoms with van der Waals surface area (Å²) in [5, 5.41) is 6.12. The fraction of sp³-hybridized carbons (Fsp3) is 0.500. The number of carbonyl (C=O) groups excluding carboxylic acids is 2. The number of nitrogens with one attached hydrogen (secondary N) is 2. The fourth-order valence-corrected chi connectivity index (χ4v) is 3.12. The van der Waals surface area contributed by atoms with Crippen LogP contribution in [0.2, 0.25) is 0 Å². The van der Waals surface area contributed by atoms with Crippen LogP contribution < -0.4 is 10.6 Å². The van der Waals surface area contributed by atoms with E-state index in [1.165, 1.54) is 7.11 Å². The molecule has 1 amide bonds. The zero-order chi connectivity index (χ0) is 18.8. The topological polar surface area (TPSA) is 76.7 Å². The van der Waals surface area contributed by atoms with E-state index in [-0.39, 0.29) is 25.2 Å². The van der Waals surface area contributed by atoms with Crippen molar-refractivity contribution in [3.63, 3.8) is 0 Å². The van der Waals surface area contributed by atoms with Crippen LogP contribution in [0.5, 0.6) is 0 Å². The highest BCUT2D eigenvalue weighted by atomic mass is 16.5. The maximum atomic E-state index is 12.5. The van der Waals surface area contributed by atoms with E-state index in [2.05, 4.69) is 22.8 Å². The minimum atomic E-state index is -0.792. The molecule has 0 fully saturated rings. The average molecular weight is 360 g/mol. The molecular formula is C20H28N2O4. The standard InChI is InChI=1S/C20H28N2O4/c1-3-20(18(23)25-2,13-17-11-7-8-12-21-17)15-22-19(24)26-14-16-9-5-4-6-10-16/h4-7,9-11,17,21H,3,8,12-15H2,1-2H3,(H,22,24)/t17-,20+/m0/s1. The number of alkyl carbamates (subject to hydrolysis) is 1. The van der Waals surface area contributed by atoms with Gasteiger partial charge in [0.15, 0.2) is 0 Å². The SMILES string of the molecule is CC[C@](CNC(=O)OCc1ccccc1)(C[C@@H]1C=CCCN1)C(=O)OC. The number of hydrogen-bond donors (Lipinski definition) is 2. The van der Waals surface area contributed by atoms with Gasteiger partial charge in [-0.1, -0.05) is 49.4 Å². The summed E-state index contributed by atoms with van der Waals surface area (Å²) in [4.78, 5) is 24.5. The van der Waals surface area contributed by atoms with E-state index in [4.69, 9.17) is 9.47 Å². The third-order valence-corrected chi connectivity index (χ3v) is 4.78. The molecule has 1 aliphatic heterocycles. The van der Waals surface area contributed by atoms with Crippen LogP contribution in [0.4, 0.5) is 4.79 Å². The molecule has 0 aliphatic carbocycles. The summed E-state index contributed by atoms with van der Waals surface area (Å²) in [6.45, 7) is 3.18. The quantitative estimate of drug-likeness (QED) is 0.551. The Morgan fingerprint density at radius 2 is 2.08 bits per heavy atom. The van der Waals surface area contributed by atoms with Crippen LogP contribution in [0.3, 0.4) is 0 Å². The van der Waals surface area contributed by atoms with Crippen molar-refractivity contribution in [2.45, 2.75) is 38.8 Å². The summed E-state index contributed by atoms with van der Waals surface area (Å²) in [5.41, 5.74) is 0.119. The maximum Gasteiger partial charge on any atom is 0.407 e. The first-order chi connectivity index (χ1) is 12.6. The van der Waals surface area contributed by atoms with E-state index in [9.17, 15) is 9.59 Å². The largest absolute Gasteiger partial charge is 0.469 e. The first-order valence-electron chi connectivity index (χ1n) is 9.02. The molecule has 1 aliphatic rings. The zero-order valence-electron chi connectivity index (χ0n) is 15.5. The van der Waals surface area contributed by atoms with Gasteiger partial charge in [0.05, 0.1) is 12.5 Å². The van der Waals surface area contributed by atoms with E-state index >= 15 is 0 Å². The molecule has 1 aromatic rings. The van der Waals surface area contributed by atoms with E-state index in [1.54, 1.807) is 0 Å². The van der Waals surface area contributed by atoms with Gasteiger partial charge in [-0.3, -0.25) is 4.79 Å². The highest BCUT2D eigenvalue weighted by Crippen LogP contribution is 2.30. The van der Waals surface area contributed by atoms with Crippen LogP contribution in [0.1, 0.15) is 31.7 Å². The first kappa shape index (κ1) is 20.0. The zero-order valence-corrected chi connectivity index (χ0v) is 15.5. The number of amides is 1. The number of rotatable bonds is 8. The summed E-state index contributed by atoms with van der Waals surface area (Å²) < 4.78 is 10.3. The normalized spacial score (nSPS) is 18.6. The van der Waals surface area contributed by atoms with Crippen molar-refractivity contribution in [3.05, 3.63) is 48.0 Å². The van der Waals surface area contributed by atoms with Crippen molar-refractivity contribution >= 4 is 12.1 Å². The Labute approximate surface area is 154 Å². The second-order valence-electron chi connectivity index (χ2n) is 6.52. The lowest BCUT2D eigenvalue weighted by molar-refractivity contribution is -0.153. The number of benzene rings is 1. The summed E-state index contributed by atoms with van der Waals surface area (Å²) in [6.07, 6.45) is 5.75. The number of hydrogen-bond acceptors (Lipinski definition) is 5. The molecule has 1 aromatic carbocycles. The monoisotopic (exact) mass is 360 g/mol. The number of carbonyl (C=O) groups is 2. The Kier molecular flexibility index (Phi) is 7.66. The lowest BCUT2D eigenvalue weighted by Crippen LogP contribution is -2.48. The number of methoxy groups -OCH3 is 1. The molecule has 0 unspecified atom stereocenters. The van der Waals surface area contributed by atoms with Crippen LogP contribution in [-0.2, 0) is 20.9 Å². The van der Waals surface area contributed by atoms with Crippen LogP contribution >= 0.6 is 0 Å². The molecule has 0 bridgehead atoms. The summed E-state index contributed by atoms with van der Waals surface area (Å²) in [6, 6.07) is 9.55. The second kappa shape index (κ2) is 9.97. The van der Waals surface area contributed by atoms with Gasteiger partial charge in [0.1, 0.15) is 6.61 Å². The van der Waals surface area contributed by atoms with Gasteiger partial charge >= 0.3 is 12.1 Å². The van der Waals surface area contributed by atoms with E-state index in [0.717, 1.165) is 18.5 Å². The molecule has 0 saturated heterocycles. The van der Waals surface area contributed by atoms with Crippen molar-refractivity contribution in [3.8, 4) is 0 Å². The van der Waals surface area contributed by atoms with Gasteiger partial charge in [0.2, 0.25) is 0 Å². The Morgan fingerprint density at radius 3 is 2.69 bits per heavy atom. The first-order valence-corrected chi connectivity index (χ1v) is 9.02. The smallest absolute Gasteiger partial charge is 0.407 e. The Hall–Kier alpha value is -2.34. The van der Waals surface area contributed by atoms with E-state index < -0.39 is 11.5 Å². The van der Waals surface area contributed by atoms with Crippen molar-refractivity contribution < 1.29 is 19.1 Å². The van der Waals surface area contributed by atoms with E-state index in [0.29, 0.717) is 12.8 Å². The summed E-state index contributed by atoms with van der Waals surface area (Å²) in [7, 11) is 1.38. The molecule has 6 nitrogen and oxygen atoms in total. The molecular weight excluding hydrogens is 332 g/mol. The predicted molar refractivity (Wildman–Crippen MR) is 99.5 cm³/mol. The molecule has 2 rings (SSSR count). The van der Waals surface area contributed by atoms with Crippen LogP contribution in [0, 0.1) is 5.41 Å². The summed E-state index contributed by atoms with van der Waals surface area (Å²) in [5.74, 6) is -0.316. The van der Waals surface area contributed by atoms with Gasteiger partial charge in [-0.25, -0.2) is 4.79 Å². The van der Waals surface area contributed by atoms with Crippen LogP contribution in [0.25, 0.3) is 0 Å². The number of ether oxygens (including phenoxy) is 2. The van der Waals surface area contributed by atoms with Crippen molar-refractivity contribution in [1.82, 2.24) is 10.6 Å². The molecule has 0 aromatic heterocycles. The molecule has 0 spiro atoms. The average Bonchev–Trinajstić information content (AvgIpc) is 2.70. The third kappa shape index (κ3) is 5.59. The minimum Gasteiger partial charge on any atom is -0.469 e. The van der Waals surface area contributed by atoms with E-state index in [1.807, 2.05) is 37.3 Å². The van der Waals surface area contributed by atoms with Crippen molar-refractivity contribution in [2.24, 2.45) is 5.41 Å². The molecule has 0 radical (unpaired) electrons. The minimum absolute atomic E-state index is 0.0879. The van der Waals surface area contributed by atoms with Gasteiger partial charge in [-0.05, 0) is 31.4 Å². The van der Waals surface area contributed by atoms with Crippen LogP contribution in [-0.4, -0.2) is 38.3 Å². The van der Waals surface area contributed by atoms with Gasteiger partial charge in [-0.2, -0.15) is 0 Å². The number of esters is 1. The Balaban J connectivity index is 1.94. The predicted octanol–water partition coefficient (Wildman–Crippen LogP) is 2.79. The fourth-order valence-electron chi connectivity index (χ4n) is 3.12. The molecule has 1 heterocycles. The van der Waals surface area contributed by atoms with Gasteiger partial charge in [0, 0.05) is 12.6 Å². The molecule has 0 saturated carbocycles. The Bertz CT molecular complexity index is 617. The maximum absolute atomic E-state index is 12.5. The highest BCUT2D eigenvalue weighted by Gasteiger charge is 2.40. The summed E-state index contributed by atoms with van der Waals surface area (Å²) >= 11 is 0. The van der Waals surface area contributed by atoms with Crippen LogP contribution in [0.15, 0.2) is 42.5 Å². The highest BCUT2D eigenvalue weighted by molar-refractivity contribution is 5.78. The lowest BCUT2D eigenvalue weighted by atomic mass is 9.78. The molecule has 2 N–H and O–H groups in total. The van der Waals surface area contributed by atoms with Gasteiger partial charge in [0.25, 0.3) is 0 Å². The molecule has 6 heteroatoms.